The highest BCUT2D eigenvalue weighted by atomic mass is 79.9. The van der Waals surface area contributed by atoms with Crippen molar-refractivity contribution in [2.45, 2.75) is 6.61 Å². The van der Waals surface area contributed by atoms with E-state index in [9.17, 15) is 4.79 Å². The van der Waals surface area contributed by atoms with Crippen LogP contribution in [0.4, 0.5) is 0 Å². The van der Waals surface area contributed by atoms with Gasteiger partial charge in [0.25, 0.3) is 0 Å². The quantitative estimate of drug-likeness (QED) is 0.753. The van der Waals surface area contributed by atoms with Crippen molar-refractivity contribution in [1.29, 1.82) is 0 Å². The number of rotatable bonds is 3. The number of carbonyl (C=O) groups excluding carboxylic acids is 1. The second-order valence-corrected chi connectivity index (χ2v) is 5.04. The van der Waals surface area contributed by atoms with Crippen LogP contribution in [0.3, 0.4) is 0 Å². The predicted molar refractivity (Wildman–Crippen MR) is 72.0 cm³/mol. The van der Waals surface area contributed by atoms with Crippen molar-refractivity contribution < 1.29 is 13.9 Å². The Morgan fingerprint density at radius 2 is 2.06 bits per heavy atom. The molecule has 0 fully saturated rings. The molecule has 0 radical (unpaired) electrons. The monoisotopic (exact) mass is 348 g/mol. The van der Waals surface area contributed by atoms with E-state index in [2.05, 4.69) is 15.9 Å². The van der Waals surface area contributed by atoms with Crippen LogP contribution in [0.15, 0.2) is 39.4 Å². The van der Waals surface area contributed by atoms with E-state index in [1.807, 2.05) is 0 Å². The van der Waals surface area contributed by atoms with Gasteiger partial charge in [0, 0.05) is 15.6 Å². The number of furan rings is 1. The molecule has 94 valence electrons. The number of ether oxygens (including phenoxy) is 1. The molecule has 0 bridgehead atoms. The highest BCUT2D eigenvalue weighted by Gasteiger charge is 2.12. The van der Waals surface area contributed by atoms with Crippen molar-refractivity contribution in [2.24, 2.45) is 0 Å². The smallest absolute Gasteiger partial charge is 0.374 e. The zero-order valence-corrected chi connectivity index (χ0v) is 12.1. The minimum absolute atomic E-state index is 0.0627. The Kier molecular flexibility index (Phi) is 4.32. The Labute approximate surface area is 122 Å². The molecule has 0 aliphatic heterocycles. The maximum Gasteiger partial charge on any atom is 0.374 e. The average Bonchev–Trinajstić information content (AvgIpc) is 2.74. The molecule has 0 aliphatic rings. The molecule has 0 amide bonds. The number of esters is 1. The minimum Gasteiger partial charge on any atom is -0.455 e. The van der Waals surface area contributed by atoms with Crippen molar-refractivity contribution in [3.8, 4) is 0 Å². The van der Waals surface area contributed by atoms with Gasteiger partial charge >= 0.3 is 5.97 Å². The molecule has 0 aliphatic carbocycles. The lowest BCUT2D eigenvalue weighted by Crippen LogP contribution is -2.04. The number of carbonyl (C=O) groups is 1. The van der Waals surface area contributed by atoms with Crippen molar-refractivity contribution in [3.05, 3.63) is 56.4 Å². The van der Waals surface area contributed by atoms with Gasteiger partial charge in [0.05, 0.1) is 0 Å². The van der Waals surface area contributed by atoms with E-state index in [0.29, 0.717) is 20.3 Å². The lowest BCUT2D eigenvalue weighted by atomic mass is 10.2. The van der Waals surface area contributed by atoms with Crippen molar-refractivity contribution in [2.75, 3.05) is 0 Å². The molecule has 6 heteroatoms. The third-order valence-corrected chi connectivity index (χ3v) is 3.16. The van der Waals surface area contributed by atoms with Gasteiger partial charge in [-0.1, -0.05) is 29.3 Å². The average molecular weight is 350 g/mol. The van der Waals surface area contributed by atoms with Gasteiger partial charge in [-0.15, -0.1) is 0 Å². The Morgan fingerprint density at radius 3 is 2.67 bits per heavy atom. The van der Waals surface area contributed by atoms with Crippen LogP contribution >= 0.6 is 39.1 Å². The van der Waals surface area contributed by atoms with Crippen LogP contribution in [0.25, 0.3) is 0 Å². The normalized spacial score (nSPS) is 10.4. The van der Waals surface area contributed by atoms with Crippen LogP contribution in [-0.2, 0) is 11.3 Å². The molecule has 0 spiro atoms. The summed E-state index contributed by atoms with van der Waals surface area (Å²) in [5.74, 6) is -0.418. The summed E-state index contributed by atoms with van der Waals surface area (Å²) in [6, 6.07) is 8.12. The molecule has 0 N–H and O–H groups in total. The van der Waals surface area contributed by atoms with Crippen LogP contribution in [0.2, 0.25) is 10.0 Å². The molecule has 18 heavy (non-hydrogen) atoms. The molecule has 0 unspecified atom stereocenters. The SMILES string of the molecule is O=C(OCc1ccc(Cl)cc1Cl)c1ccc(Br)o1. The van der Waals surface area contributed by atoms with Gasteiger partial charge in [0.1, 0.15) is 6.61 Å². The first kappa shape index (κ1) is 13.5. The summed E-state index contributed by atoms with van der Waals surface area (Å²) >= 11 is 14.8. The fraction of sp³-hybridized carbons (Fsp3) is 0.0833. The molecular formula is C12H7BrCl2O3. The number of hydrogen-bond donors (Lipinski definition) is 0. The zero-order valence-electron chi connectivity index (χ0n) is 8.95. The van der Waals surface area contributed by atoms with Crippen LogP contribution in [-0.4, -0.2) is 5.97 Å². The standard InChI is InChI=1S/C12H7BrCl2O3/c13-11-4-3-10(18-11)12(16)17-6-7-1-2-8(14)5-9(7)15/h1-5H,6H2. The zero-order chi connectivity index (χ0) is 13.1. The molecule has 1 aromatic carbocycles. The first-order valence-electron chi connectivity index (χ1n) is 4.92. The molecule has 1 heterocycles. The summed E-state index contributed by atoms with van der Waals surface area (Å²) in [6.07, 6.45) is 0. The van der Waals surface area contributed by atoms with E-state index in [1.165, 1.54) is 6.07 Å². The summed E-state index contributed by atoms with van der Waals surface area (Å²) in [7, 11) is 0. The fourth-order valence-electron chi connectivity index (χ4n) is 1.28. The second kappa shape index (κ2) is 5.78. The number of halogens is 3. The molecule has 3 nitrogen and oxygen atoms in total. The molecular weight excluding hydrogens is 343 g/mol. The van der Waals surface area contributed by atoms with Crippen LogP contribution in [0.1, 0.15) is 16.1 Å². The fourth-order valence-corrected chi connectivity index (χ4v) is 2.05. The summed E-state index contributed by atoms with van der Waals surface area (Å²) in [5.41, 5.74) is 0.681. The summed E-state index contributed by atoms with van der Waals surface area (Å²) in [5, 5.41) is 0.987. The first-order valence-corrected chi connectivity index (χ1v) is 6.47. The molecule has 2 aromatic rings. The van der Waals surface area contributed by atoms with Crippen LogP contribution < -0.4 is 0 Å². The highest BCUT2D eigenvalue weighted by Crippen LogP contribution is 2.22. The van der Waals surface area contributed by atoms with Crippen LogP contribution in [0, 0.1) is 0 Å². The highest BCUT2D eigenvalue weighted by molar-refractivity contribution is 9.10. The molecule has 0 atom stereocenters. The maximum absolute atomic E-state index is 11.6. The largest absolute Gasteiger partial charge is 0.455 e. The Morgan fingerprint density at radius 1 is 1.28 bits per heavy atom. The third kappa shape index (κ3) is 3.28. The lowest BCUT2D eigenvalue weighted by Gasteiger charge is -2.05. The Bertz CT molecular complexity index is 580. The van der Waals surface area contributed by atoms with Crippen LogP contribution in [0.5, 0.6) is 0 Å². The van der Waals surface area contributed by atoms with Gasteiger partial charge in [0.2, 0.25) is 5.76 Å². The second-order valence-electron chi connectivity index (χ2n) is 3.42. The first-order chi connectivity index (χ1) is 8.56. The Balaban J connectivity index is 2.01. The van der Waals surface area contributed by atoms with Crippen molar-refractivity contribution in [3.63, 3.8) is 0 Å². The summed E-state index contributed by atoms with van der Waals surface area (Å²) in [4.78, 5) is 11.6. The predicted octanol–water partition coefficient (Wildman–Crippen LogP) is 4.71. The number of hydrogen-bond acceptors (Lipinski definition) is 3. The molecule has 0 saturated carbocycles. The third-order valence-electron chi connectivity index (χ3n) is 2.15. The van der Waals surface area contributed by atoms with Gasteiger partial charge in [-0.25, -0.2) is 4.79 Å². The van der Waals surface area contributed by atoms with E-state index in [1.54, 1.807) is 24.3 Å². The van der Waals surface area contributed by atoms with Gasteiger partial charge in [-0.05, 0) is 40.2 Å². The van der Waals surface area contributed by atoms with E-state index in [0.717, 1.165) is 0 Å². The summed E-state index contributed by atoms with van der Waals surface area (Å²) < 4.78 is 10.6. The van der Waals surface area contributed by atoms with Gasteiger partial charge < -0.3 is 9.15 Å². The minimum atomic E-state index is -0.549. The topological polar surface area (TPSA) is 39.4 Å². The molecule has 0 saturated heterocycles. The van der Waals surface area contributed by atoms with E-state index in [-0.39, 0.29) is 12.4 Å². The number of benzene rings is 1. The lowest BCUT2D eigenvalue weighted by molar-refractivity contribution is 0.0435. The van der Waals surface area contributed by atoms with E-state index in [4.69, 9.17) is 32.4 Å². The van der Waals surface area contributed by atoms with E-state index >= 15 is 0 Å². The van der Waals surface area contributed by atoms with Gasteiger partial charge in [-0.3, -0.25) is 0 Å². The molecule has 1 aromatic heterocycles. The van der Waals surface area contributed by atoms with Crippen molar-refractivity contribution >= 4 is 45.1 Å². The maximum atomic E-state index is 11.6. The Hall–Kier alpha value is -0.970. The van der Waals surface area contributed by atoms with E-state index < -0.39 is 5.97 Å². The van der Waals surface area contributed by atoms with Crippen molar-refractivity contribution in [1.82, 2.24) is 0 Å². The molecule has 2 rings (SSSR count). The van der Waals surface area contributed by atoms with Gasteiger partial charge in [-0.2, -0.15) is 0 Å². The van der Waals surface area contributed by atoms with Gasteiger partial charge in [0.15, 0.2) is 4.67 Å². The summed E-state index contributed by atoms with van der Waals surface area (Å²) in [6.45, 7) is 0.0627.